The minimum atomic E-state index is -1.27. The molecule has 1 atom stereocenters. The second kappa shape index (κ2) is 13.0. The van der Waals surface area contributed by atoms with E-state index in [2.05, 4.69) is 28.1 Å². The molecule has 4 heterocycles. The molecule has 2 N–H and O–H groups in total. The van der Waals surface area contributed by atoms with E-state index in [1.54, 1.807) is 45.9 Å². The number of H-pyrrole nitrogens is 2. The van der Waals surface area contributed by atoms with E-state index < -0.39 is 23.8 Å². The molecular weight excluding hydrogens is 576 g/mol. The zero-order valence-corrected chi connectivity index (χ0v) is 25.5. The lowest BCUT2D eigenvalue weighted by molar-refractivity contribution is -0.307. The number of nitrogens with zero attached hydrogens (tertiary/aromatic N) is 2. The largest absolute Gasteiger partial charge is 0.550 e. The molecule has 11 nitrogen and oxygen atoms in total. The average Bonchev–Trinajstić information content (AvgIpc) is 3.67. The Morgan fingerprint density at radius 1 is 0.911 bits per heavy atom. The van der Waals surface area contributed by atoms with E-state index in [-0.39, 0.29) is 48.7 Å². The smallest absolute Gasteiger partial charge is 0.273 e. The highest BCUT2D eigenvalue weighted by atomic mass is 16.4. The van der Waals surface area contributed by atoms with E-state index in [1.807, 2.05) is 0 Å². The first-order valence-electron chi connectivity index (χ1n) is 14.2. The fraction of sp³-hybridized carbons (Fsp3) is 0.265. The van der Waals surface area contributed by atoms with Crippen LogP contribution in [0.15, 0.2) is 51.5 Å². The van der Waals surface area contributed by atoms with Gasteiger partial charge >= 0.3 is 0 Å². The highest BCUT2D eigenvalue weighted by Gasteiger charge is 2.31. The summed E-state index contributed by atoms with van der Waals surface area (Å²) in [6, 6.07) is -0.771. The van der Waals surface area contributed by atoms with Gasteiger partial charge in [-0.25, -0.2) is 4.99 Å². The van der Waals surface area contributed by atoms with Crippen LogP contribution in [-0.2, 0) is 20.8 Å². The van der Waals surface area contributed by atoms with E-state index >= 15 is 0 Å². The van der Waals surface area contributed by atoms with Gasteiger partial charge < -0.3 is 29.8 Å². The van der Waals surface area contributed by atoms with Gasteiger partial charge in [-0.15, -0.1) is 0 Å². The Morgan fingerprint density at radius 2 is 1.58 bits per heavy atom. The van der Waals surface area contributed by atoms with Gasteiger partial charge in [0.2, 0.25) is 5.78 Å². The Bertz CT molecular complexity index is 1940. The van der Waals surface area contributed by atoms with Gasteiger partial charge in [0.15, 0.2) is 6.29 Å². The second-order valence-corrected chi connectivity index (χ2v) is 10.8. The van der Waals surface area contributed by atoms with Crippen molar-refractivity contribution in [2.75, 3.05) is 0 Å². The number of carbonyl (C=O) groups is 5. The van der Waals surface area contributed by atoms with Crippen molar-refractivity contribution in [1.82, 2.24) is 9.97 Å². The summed E-state index contributed by atoms with van der Waals surface area (Å²) in [5.41, 5.74) is 5.36. The Kier molecular flexibility index (Phi) is 9.41. The van der Waals surface area contributed by atoms with Gasteiger partial charge in [-0.1, -0.05) is 25.3 Å². The SMILES string of the molecule is C=CC1=C(C)C(=O)N=C1/C=c1/[nH]/c(=C/C2N=C(C(=O)c3[nH]c(C=O)c(C=C)c3C)C(C)=C2CCC(=O)[O-])c(CCC(=O)[O-])c1C. The molecule has 0 saturated heterocycles. The third-order valence-corrected chi connectivity index (χ3v) is 8.22. The second-order valence-electron chi connectivity index (χ2n) is 10.8. The topological polar surface area (TPSA) is 188 Å². The molecule has 45 heavy (non-hydrogen) atoms. The number of nitrogens with one attached hydrogen (secondary N) is 2. The number of aliphatic carboxylic acids is 2. The monoisotopic (exact) mass is 608 g/mol. The zero-order chi connectivity index (χ0) is 33.2. The van der Waals surface area contributed by atoms with Crippen molar-refractivity contribution in [3.8, 4) is 0 Å². The molecule has 2 aliphatic heterocycles. The number of aromatic nitrogens is 2. The first-order valence-corrected chi connectivity index (χ1v) is 14.2. The number of amides is 1. The van der Waals surface area contributed by atoms with Gasteiger partial charge in [-0.2, -0.15) is 0 Å². The van der Waals surface area contributed by atoms with E-state index in [1.165, 1.54) is 6.08 Å². The number of allylic oxidation sites excluding steroid dienone is 3. The Hall–Kier alpha value is -5.45. The highest BCUT2D eigenvalue weighted by molar-refractivity contribution is 6.52. The zero-order valence-electron chi connectivity index (χ0n) is 25.5. The van der Waals surface area contributed by atoms with Crippen molar-refractivity contribution in [2.45, 2.75) is 59.4 Å². The fourth-order valence-corrected chi connectivity index (χ4v) is 5.70. The van der Waals surface area contributed by atoms with E-state index in [9.17, 15) is 34.2 Å². The summed E-state index contributed by atoms with van der Waals surface area (Å²) in [5.74, 6) is -3.36. The van der Waals surface area contributed by atoms with E-state index in [0.29, 0.717) is 67.2 Å². The lowest BCUT2D eigenvalue weighted by atomic mass is 9.95. The summed E-state index contributed by atoms with van der Waals surface area (Å²) in [7, 11) is 0. The molecule has 0 radical (unpaired) electrons. The van der Waals surface area contributed by atoms with Crippen LogP contribution in [0.1, 0.15) is 76.3 Å². The molecule has 0 aromatic carbocycles. The van der Waals surface area contributed by atoms with Crippen LogP contribution in [0.25, 0.3) is 18.2 Å². The average molecular weight is 609 g/mol. The molecular formula is C34H32N4O7-2. The van der Waals surface area contributed by atoms with E-state index in [0.717, 1.165) is 0 Å². The van der Waals surface area contributed by atoms with Gasteiger partial charge in [-0.3, -0.25) is 19.4 Å². The predicted octanol–water partition coefficient (Wildman–Crippen LogP) is 0.695. The molecule has 0 spiro atoms. The van der Waals surface area contributed by atoms with Crippen LogP contribution < -0.4 is 20.9 Å². The highest BCUT2D eigenvalue weighted by Crippen LogP contribution is 2.30. The number of ketones is 1. The molecule has 1 unspecified atom stereocenters. The summed E-state index contributed by atoms with van der Waals surface area (Å²) in [4.78, 5) is 75.3. The van der Waals surface area contributed by atoms with Gasteiger partial charge in [-0.05, 0) is 93.4 Å². The third-order valence-electron chi connectivity index (χ3n) is 8.22. The van der Waals surface area contributed by atoms with Crippen LogP contribution in [0, 0.1) is 13.8 Å². The van der Waals surface area contributed by atoms with Gasteiger partial charge in [0.25, 0.3) is 5.91 Å². The molecule has 0 saturated carbocycles. The van der Waals surface area contributed by atoms with Crippen molar-refractivity contribution in [2.24, 2.45) is 9.98 Å². The summed E-state index contributed by atoms with van der Waals surface area (Å²) in [6.07, 6.45) is 6.60. The maximum absolute atomic E-state index is 13.7. The summed E-state index contributed by atoms with van der Waals surface area (Å²) in [5, 5.41) is 23.9. The third kappa shape index (κ3) is 6.28. The normalized spacial score (nSPS) is 17.2. The number of rotatable bonds is 13. The van der Waals surface area contributed by atoms with Crippen molar-refractivity contribution in [3.63, 3.8) is 0 Å². The minimum Gasteiger partial charge on any atom is -0.550 e. The van der Waals surface area contributed by atoms with E-state index in [4.69, 9.17) is 4.99 Å². The molecule has 11 heteroatoms. The molecule has 0 aliphatic carbocycles. The molecule has 232 valence electrons. The van der Waals surface area contributed by atoms with Crippen molar-refractivity contribution in [1.29, 1.82) is 0 Å². The van der Waals surface area contributed by atoms with Crippen molar-refractivity contribution >= 4 is 59.6 Å². The Labute approximate surface area is 258 Å². The van der Waals surface area contributed by atoms with Crippen LogP contribution in [0.2, 0.25) is 0 Å². The maximum Gasteiger partial charge on any atom is 0.273 e. The molecule has 4 rings (SSSR count). The van der Waals surface area contributed by atoms with Crippen LogP contribution in [0.3, 0.4) is 0 Å². The van der Waals surface area contributed by atoms with Crippen molar-refractivity contribution in [3.05, 3.63) is 85.9 Å². The number of carboxylic acids is 2. The number of aromatic amines is 2. The van der Waals surface area contributed by atoms with Gasteiger partial charge in [0, 0.05) is 39.3 Å². The number of hydrogen-bond acceptors (Lipinski definition) is 8. The summed E-state index contributed by atoms with van der Waals surface area (Å²) < 4.78 is 0. The number of carbonyl (C=O) groups excluding carboxylic acids is 5. The molecule has 0 fully saturated rings. The minimum absolute atomic E-state index is 0.0511. The number of carboxylic acid groups (broad SMARTS) is 2. The maximum atomic E-state index is 13.7. The Morgan fingerprint density at radius 3 is 2.16 bits per heavy atom. The quantitative estimate of drug-likeness (QED) is 0.247. The first-order chi connectivity index (χ1) is 21.3. The number of Topliss-reactive ketones (excluding diaryl/α,β-unsaturated/α-hetero) is 1. The lowest BCUT2D eigenvalue weighted by Crippen LogP contribution is -2.24. The van der Waals surface area contributed by atoms with Crippen molar-refractivity contribution < 1.29 is 34.2 Å². The van der Waals surface area contributed by atoms with Crippen LogP contribution in [-0.4, -0.2) is 57.3 Å². The molecule has 0 bridgehead atoms. The number of aliphatic imine (C=N–C) groups is 2. The van der Waals surface area contributed by atoms with Crippen LogP contribution >= 0.6 is 0 Å². The van der Waals surface area contributed by atoms with Crippen LogP contribution in [0.4, 0.5) is 0 Å². The fourth-order valence-electron chi connectivity index (χ4n) is 5.70. The predicted molar refractivity (Wildman–Crippen MR) is 166 cm³/mol. The lowest BCUT2D eigenvalue weighted by Gasteiger charge is -2.11. The van der Waals surface area contributed by atoms with Gasteiger partial charge in [0.1, 0.15) is 5.71 Å². The molecule has 2 aliphatic rings. The van der Waals surface area contributed by atoms with Crippen LogP contribution in [0.5, 0.6) is 0 Å². The van der Waals surface area contributed by atoms with Gasteiger partial charge in [0.05, 0.1) is 23.1 Å². The number of aldehydes is 1. The molecule has 2 aromatic rings. The first kappa shape index (κ1) is 32.5. The Balaban J connectivity index is 1.90. The number of hydrogen-bond donors (Lipinski definition) is 2. The summed E-state index contributed by atoms with van der Waals surface area (Å²) >= 11 is 0. The molecule has 1 amide bonds. The summed E-state index contributed by atoms with van der Waals surface area (Å²) in [6.45, 7) is 14.3. The standard InChI is InChI=1S/C34H34N4O7/c1-7-20-17(4)31(37-28(20)15-39)33(44)32-18(5)23(10-12-30(42)43)27(36-32)14-26-22(9-11-29(40)41)16(3)24(35-26)13-25-21(8-2)19(6)34(45)38-25/h7-8,13-15,27,35,37H,1-2,9-12H2,3-6H3,(H,40,41)(H,42,43)/p-2/b24-13+,26-14+. The molecule has 2 aromatic heterocycles.